The van der Waals surface area contributed by atoms with Crippen LogP contribution < -0.4 is 71.6 Å². The lowest BCUT2D eigenvalue weighted by molar-refractivity contribution is -0.136. The van der Waals surface area contributed by atoms with Crippen molar-refractivity contribution < 1.29 is 38.4 Å². The molecule has 0 radical (unpaired) electrons. The highest BCUT2D eigenvalue weighted by Gasteiger charge is 2.39. The first kappa shape index (κ1) is 57.1. The maximum absolute atomic E-state index is 14.3. The zero-order valence-electron chi connectivity index (χ0n) is 41.0. The molecule has 4 rings (SSSR count). The first-order valence-electron chi connectivity index (χ1n) is 26.1. The minimum absolute atomic E-state index is 0.158. The molecule has 0 spiro atoms. The van der Waals surface area contributed by atoms with Crippen LogP contribution in [0.5, 0.6) is 0 Å². The summed E-state index contributed by atoms with van der Waals surface area (Å²) in [4.78, 5) is 110. The summed E-state index contributed by atoms with van der Waals surface area (Å²) in [6.07, 6.45) is 14.4. The van der Waals surface area contributed by atoms with Gasteiger partial charge in [-0.1, -0.05) is 51.4 Å². The molecule has 0 saturated heterocycles. The summed E-state index contributed by atoms with van der Waals surface area (Å²) in [5.74, 6) is -3.56. The van der Waals surface area contributed by atoms with Gasteiger partial charge in [0, 0.05) is 0 Å². The van der Waals surface area contributed by atoms with Crippen LogP contribution in [0.15, 0.2) is 0 Å². The molecule has 0 heterocycles. The smallest absolute Gasteiger partial charge is 0.243 e. The number of unbranched alkanes of at least 4 members (excludes halogenated alkanes) is 4. The largest absolute Gasteiger partial charge is 0.368 e. The SMILES string of the molecule is NCCCC[C@H](NC(=O)[C@H](CC1CC1)NC(=O)[C@H](CCCCN)NC(=O)[C@H](CC1CC1)NC(=O)[C@H](CCCCN)NC(=O)[C@H](CC1CC1)NC(=O)[C@H](CCCCN)NC(=O)[C@@H](N)CC1CC1)C(N)=O. The second-order valence-corrected chi connectivity index (χ2v) is 20.3. The molecule has 4 aliphatic carbocycles. The molecule has 0 aromatic rings. The summed E-state index contributed by atoms with van der Waals surface area (Å²) in [6.45, 7) is 1.55. The molecule has 21 heteroatoms. The first-order chi connectivity index (χ1) is 33.1. The Morgan fingerprint density at radius 3 is 0.841 bits per heavy atom. The predicted octanol–water partition coefficient (Wildman–Crippen LogP) is -1.09. The Kier molecular flexibility index (Phi) is 25.1. The summed E-state index contributed by atoms with van der Waals surface area (Å²) in [5, 5.41) is 19.9. The first-order valence-corrected chi connectivity index (χ1v) is 26.1. The molecule has 392 valence electrons. The van der Waals surface area contributed by atoms with Gasteiger partial charge in [-0.25, -0.2) is 0 Å². The molecule has 0 aliphatic heterocycles. The standard InChI is InChI=1S/C48H87N13O8/c49-21-5-1-9-34(41(54)62)55-46(67)38(26-30-15-16-30)59-44(65)36(11-3-7-23-51)57-48(69)40(28-32-19-20-32)61-45(66)37(12-4-8-24-52)58-47(68)39(27-31-17-18-31)60-43(64)35(10-2-6-22-50)56-42(63)33(53)25-29-13-14-29/h29-40H,1-28,49-53H2,(H2,54,62)(H,55,67)(H,56,63)(H,57,69)(H,58,68)(H,59,65)(H,60,64)(H,61,66)/t33-,34-,35-,36-,37-,38-,39-,40-/m0/s1. The third-order valence-corrected chi connectivity index (χ3v) is 13.7. The Balaban J connectivity index is 1.47. The maximum atomic E-state index is 14.3. The van der Waals surface area contributed by atoms with Crippen molar-refractivity contribution in [1.29, 1.82) is 0 Å². The number of primary amides is 1. The van der Waals surface area contributed by atoms with Crippen LogP contribution in [0, 0.1) is 23.7 Å². The third-order valence-electron chi connectivity index (χ3n) is 13.7. The van der Waals surface area contributed by atoms with E-state index in [1.807, 2.05) is 0 Å². The van der Waals surface area contributed by atoms with Gasteiger partial charge in [-0.3, -0.25) is 38.4 Å². The van der Waals surface area contributed by atoms with Crippen LogP contribution in [0.1, 0.15) is 154 Å². The summed E-state index contributed by atoms with van der Waals surface area (Å²) < 4.78 is 0. The van der Waals surface area contributed by atoms with E-state index in [-0.39, 0.29) is 30.6 Å². The Hall–Kier alpha value is -4.44. The lowest BCUT2D eigenvalue weighted by atomic mass is 10.0. The maximum Gasteiger partial charge on any atom is 0.243 e. The van der Waals surface area contributed by atoms with Crippen LogP contribution in [0.4, 0.5) is 0 Å². The molecule has 4 fully saturated rings. The molecule has 69 heavy (non-hydrogen) atoms. The molecule has 0 aromatic carbocycles. The molecular formula is C48H87N13O8. The van der Waals surface area contributed by atoms with E-state index in [1.165, 1.54) is 0 Å². The molecule has 21 nitrogen and oxygen atoms in total. The van der Waals surface area contributed by atoms with Gasteiger partial charge in [-0.05, 0) is 153 Å². The van der Waals surface area contributed by atoms with Crippen molar-refractivity contribution in [3.05, 3.63) is 0 Å². The highest BCUT2D eigenvalue weighted by atomic mass is 16.2. The van der Waals surface area contributed by atoms with Crippen LogP contribution in [-0.2, 0) is 38.4 Å². The second kappa shape index (κ2) is 30.3. The van der Waals surface area contributed by atoms with E-state index in [2.05, 4.69) is 37.2 Å². The van der Waals surface area contributed by atoms with Crippen molar-refractivity contribution in [3.8, 4) is 0 Å². The predicted molar refractivity (Wildman–Crippen MR) is 262 cm³/mol. The van der Waals surface area contributed by atoms with E-state index < -0.39 is 95.6 Å². The van der Waals surface area contributed by atoms with Crippen molar-refractivity contribution in [2.75, 3.05) is 26.2 Å². The van der Waals surface area contributed by atoms with Crippen molar-refractivity contribution in [3.63, 3.8) is 0 Å². The van der Waals surface area contributed by atoms with Crippen LogP contribution >= 0.6 is 0 Å². The molecule has 4 aliphatic rings. The van der Waals surface area contributed by atoms with Crippen molar-refractivity contribution in [2.45, 2.75) is 202 Å². The van der Waals surface area contributed by atoms with Gasteiger partial charge in [-0.2, -0.15) is 0 Å². The fourth-order valence-electron chi connectivity index (χ4n) is 8.55. The topological polar surface area (TPSA) is 377 Å². The van der Waals surface area contributed by atoms with Crippen LogP contribution in [0.2, 0.25) is 0 Å². The van der Waals surface area contributed by atoms with Crippen LogP contribution in [0.3, 0.4) is 0 Å². The number of rotatable bonds is 39. The Morgan fingerprint density at radius 2 is 0.565 bits per heavy atom. The van der Waals surface area contributed by atoms with Gasteiger partial charge in [0.15, 0.2) is 0 Å². The Bertz CT molecular complexity index is 1670. The quantitative estimate of drug-likeness (QED) is 0.0326. The summed E-state index contributed by atoms with van der Waals surface area (Å²) in [6, 6.07) is -7.88. The normalized spacial score (nSPS) is 19.0. The molecule has 8 atom stereocenters. The highest BCUT2D eigenvalue weighted by molar-refractivity contribution is 5.97. The average molecular weight is 974 g/mol. The van der Waals surface area contributed by atoms with E-state index in [1.54, 1.807) is 0 Å². The number of amides is 8. The molecule has 8 amide bonds. The van der Waals surface area contributed by atoms with Gasteiger partial charge in [-0.15, -0.1) is 0 Å². The van der Waals surface area contributed by atoms with E-state index >= 15 is 0 Å². The summed E-state index contributed by atoms with van der Waals surface area (Å²) in [5.41, 5.74) is 34.8. The molecule has 4 saturated carbocycles. The van der Waals surface area contributed by atoms with Gasteiger partial charge in [0.05, 0.1) is 6.04 Å². The van der Waals surface area contributed by atoms with Crippen LogP contribution in [-0.4, -0.2) is 122 Å². The number of hydrogen-bond acceptors (Lipinski definition) is 13. The highest BCUT2D eigenvalue weighted by Crippen LogP contribution is 2.36. The Morgan fingerprint density at radius 1 is 0.333 bits per heavy atom. The van der Waals surface area contributed by atoms with Crippen molar-refractivity contribution in [1.82, 2.24) is 37.2 Å². The molecule has 0 bridgehead atoms. The molecular weight excluding hydrogens is 887 g/mol. The lowest BCUT2D eigenvalue weighted by Crippen LogP contribution is -2.60. The van der Waals surface area contributed by atoms with E-state index in [0.29, 0.717) is 122 Å². The summed E-state index contributed by atoms with van der Waals surface area (Å²) >= 11 is 0. The van der Waals surface area contributed by atoms with Crippen LogP contribution in [0.25, 0.3) is 0 Å². The zero-order chi connectivity index (χ0) is 50.3. The van der Waals surface area contributed by atoms with Gasteiger partial charge >= 0.3 is 0 Å². The number of carbonyl (C=O) groups excluding carboxylic acids is 8. The summed E-state index contributed by atoms with van der Waals surface area (Å²) in [7, 11) is 0. The Labute approximate surface area is 408 Å². The molecule has 19 N–H and O–H groups in total. The fraction of sp³-hybridized carbons (Fsp3) is 0.833. The second-order valence-electron chi connectivity index (χ2n) is 20.3. The van der Waals surface area contributed by atoms with Gasteiger partial charge in [0.2, 0.25) is 47.3 Å². The van der Waals surface area contributed by atoms with E-state index in [4.69, 9.17) is 34.4 Å². The number of carbonyl (C=O) groups is 8. The molecule has 0 aromatic heterocycles. The van der Waals surface area contributed by atoms with Gasteiger partial charge < -0.3 is 71.6 Å². The minimum Gasteiger partial charge on any atom is -0.368 e. The third kappa shape index (κ3) is 22.5. The number of hydrogen-bond donors (Lipinski definition) is 13. The number of nitrogens with two attached hydrogens (primary N) is 6. The number of nitrogens with one attached hydrogen (secondary N) is 7. The monoisotopic (exact) mass is 974 g/mol. The van der Waals surface area contributed by atoms with Crippen molar-refractivity contribution in [2.24, 2.45) is 58.1 Å². The lowest BCUT2D eigenvalue weighted by Gasteiger charge is -2.28. The zero-order valence-corrected chi connectivity index (χ0v) is 41.0. The average Bonchev–Trinajstić information content (AvgIpc) is 4.08. The fourth-order valence-corrected chi connectivity index (χ4v) is 8.55. The van der Waals surface area contributed by atoms with Gasteiger partial charge in [0.1, 0.15) is 42.3 Å². The molecule has 0 unspecified atom stereocenters. The van der Waals surface area contributed by atoms with E-state index in [0.717, 1.165) is 51.4 Å². The minimum atomic E-state index is -1.09. The van der Waals surface area contributed by atoms with Crippen molar-refractivity contribution >= 4 is 47.3 Å². The van der Waals surface area contributed by atoms with Gasteiger partial charge in [0.25, 0.3) is 0 Å². The van der Waals surface area contributed by atoms with E-state index in [9.17, 15) is 38.4 Å².